The molecule has 1 saturated heterocycles. The van der Waals surface area contributed by atoms with Crippen LogP contribution in [-0.4, -0.2) is 56.7 Å². The molecule has 190 valence electrons. The lowest BCUT2D eigenvalue weighted by Gasteiger charge is -2.28. The standard InChI is InChI=1S/C17H18F2N6O2S.C7H7Cl/c1-10(26)27-9-17(20)4-13-12(11-5-23-25(7-11)16(18)19)6-22-14(24(13)8-17)15-21-2-3-28-15;1-6-3-2-4-7(8)5-6/h2-3,5,7,16H,4,6,8-9,20H2,1H3;2-5H,1H3. The van der Waals surface area contributed by atoms with Crippen LogP contribution in [0.2, 0.25) is 5.02 Å². The van der Waals surface area contributed by atoms with Gasteiger partial charge in [0.25, 0.3) is 0 Å². The summed E-state index contributed by atoms with van der Waals surface area (Å²) < 4.78 is 31.6. The first kappa shape index (κ1) is 25.9. The van der Waals surface area contributed by atoms with E-state index in [-0.39, 0.29) is 6.61 Å². The first-order valence-corrected chi connectivity index (χ1v) is 12.3. The molecule has 2 aliphatic heterocycles. The van der Waals surface area contributed by atoms with Gasteiger partial charge in [0.1, 0.15) is 6.61 Å². The average molecular weight is 535 g/mol. The van der Waals surface area contributed by atoms with Crippen molar-refractivity contribution in [2.45, 2.75) is 32.4 Å². The number of hydrogen-bond acceptors (Lipinski definition) is 8. The van der Waals surface area contributed by atoms with Gasteiger partial charge in [0.15, 0.2) is 10.8 Å². The summed E-state index contributed by atoms with van der Waals surface area (Å²) in [5, 5.41) is 7.14. The Morgan fingerprint density at radius 1 is 1.39 bits per heavy atom. The normalized spacial score (nSPS) is 19.1. The second kappa shape index (κ2) is 10.9. The number of fused-ring (bicyclic) bond motifs is 1. The summed E-state index contributed by atoms with van der Waals surface area (Å²) >= 11 is 7.10. The van der Waals surface area contributed by atoms with Gasteiger partial charge in [0.2, 0.25) is 0 Å². The van der Waals surface area contributed by atoms with Crippen LogP contribution in [-0.2, 0) is 9.53 Å². The van der Waals surface area contributed by atoms with Crippen molar-refractivity contribution < 1.29 is 18.3 Å². The third-order valence-electron chi connectivity index (χ3n) is 5.63. The predicted molar refractivity (Wildman–Crippen MR) is 135 cm³/mol. The number of ether oxygens (including phenoxy) is 1. The zero-order chi connectivity index (χ0) is 25.9. The summed E-state index contributed by atoms with van der Waals surface area (Å²) in [6, 6.07) is 7.76. The highest BCUT2D eigenvalue weighted by Gasteiger charge is 2.44. The number of nitrogens with zero attached hydrogens (tertiary/aromatic N) is 5. The molecule has 2 aromatic heterocycles. The highest BCUT2D eigenvalue weighted by molar-refractivity contribution is 7.11. The summed E-state index contributed by atoms with van der Waals surface area (Å²) in [4.78, 5) is 22.1. The second-order valence-electron chi connectivity index (χ2n) is 8.59. The molecule has 0 aliphatic carbocycles. The van der Waals surface area contributed by atoms with Crippen molar-refractivity contribution in [2.24, 2.45) is 10.7 Å². The lowest BCUT2D eigenvalue weighted by atomic mass is 9.97. The molecule has 3 aromatic rings. The maximum atomic E-state index is 12.9. The maximum absolute atomic E-state index is 12.9. The number of amidine groups is 1. The van der Waals surface area contributed by atoms with Crippen molar-refractivity contribution in [2.75, 3.05) is 19.7 Å². The Hall–Kier alpha value is -3.15. The SMILES string of the molecule is CC(=O)OCC1(N)CC2=C(c3cnn(C(F)F)c3)CN=C(c3nccs3)N2C1.Cc1cccc(Cl)c1. The number of carbonyl (C=O) groups is 1. The number of benzene rings is 1. The van der Waals surface area contributed by atoms with E-state index in [4.69, 9.17) is 22.1 Å². The molecular formula is C24H25ClF2N6O2S. The number of hydrogen-bond donors (Lipinski definition) is 1. The number of aryl methyl sites for hydroxylation is 1. The molecule has 1 aromatic carbocycles. The molecule has 12 heteroatoms. The van der Waals surface area contributed by atoms with Crippen molar-refractivity contribution >= 4 is 40.3 Å². The van der Waals surface area contributed by atoms with E-state index in [1.165, 1.54) is 36.2 Å². The molecule has 0 spiro atoms. The Balaban J connectivity index is 0.000000325. The van der Waals surface area contributed by atoms with E-state index < -0.39 is 18.1 Å². The summed E-state index contributed by atoms with van der Waals surface area (Å²) in [6.07, 6.45) is 4.81. The second-order valence-corrected chi connectivity index (χ2v) is 9.92. The van der Waals surface area contributed by atoms with Gasteiger partial charge in [-0.15, -0.1) is 11.3 Å². The zero-order valence-corrected chi connectivity index (χ0v) is 21.3. The number of thiazole rings is 1. The monoisotopic (exact) mass is 534 g/mol. The third kappa shape index (κ3) is 5.97. The van der Waals surface area contributed by atoms with Gasteiger partial charge < -0.3 is 15.4 Å². The van der Waals surface area contributed by atoms with Crippen molar-refractivity contribution in [3.8, 4) is 0 Å². The van der Waals surface area contributed by atoms with Gasteiger partial charge in [-0.25, -0.2) is 9.67 Å². The van der Waals surface area contributed by atoms with Crippen LogP contribution in [0.3, 0.4) is 0 Å². The van der Waals surface area contributed by atoms with Gasteiger partial charge >= 0.3 is 12.5 Å². The molecule has 0 amide bonds. The Morgan fingerprint density at radius 3 is 2.78 bits per heavy atom. The van der Waals surface area contributed by atoms with Crippen molar-refractivity contribution in [3.05, 3.63) is 75.1 Å². The Labute approximate surface area is 216 Å². The van der Waals surface area contributed by atoms with Crippen molar-refractivity contribution in [1.82, 2.24) is 19.7 Å². The molecule has 8 nitrogen and oxygen atoms in total. The van der Waals surface area contributed by atoms with E-state index in [0.29, 0.717) is 35.6 Å². The maximum Gasteiger partial charge on any atom is 0.333 e. The van der Waals surface area contributed by atoms with E-state index in [1.54, 1.807) is 6.20 Å². The van der Waals surface area contributed by atoms with E-state index in [2.05, 4.69) is 15.1 Å². The van der Waals surface area contributed by atoms with Crippen LogP contribution in [0.1, 0.15) is 36.0 Å². The fraction of sp³-hybridized carbons (Fsp3) is 0.333. The Morgan fingerprint density at radius 2 is 2.19 bits per heavy atom. The number of rotatable bonds is 5. The molecule has 1 atom stereocenters. The minimum Gasteiger partial charge on any atom is -0.464 e. The van der Waals surface area contributed by atoms with Crippen LogP contribution in [0.5, 0.6) is 0 Å². The fourth-order valence-electron chi connectivity index (χ4n) is 4.02. The number of aromatic nitrogens is 3. The topological polar surface area (TPSA) is 98.6 Å². The minimum atomic E-state index is -2.71. The molecule has 0 radical (unpaired) electrons. The minimum absolute atomic E-state index is 0.0526. The van der Waals surface area contributed by atoms with E-state index in [9.17, 15) is 13.6 Å². The molecule has 1 unspecified atom stereocenters. The van der Waals surface area contributed by atoms with Gasteiger partial charge in [-0.05, 0) is 24.6 Å². The molecule has 0 bridgehead atoms. The van der Waals surface area contributed by atoms with Crippen LogP contribution < -0.4 is 5.73 Å². The van der Waals surface area contributed by atoms with Crippen molar-refractivity contribution in [3.63, 3.8) is 0 Å². The highest BCUT2D eigenvalue weighted by atomic mass is 35.5. The quantitative estimate of drug-likeness (QED) is 0.483. The molecule has 4 heterocycles. The molecular weight excluding hydrogens is 510 g/mol. The molecule has 36 heavy (non-hydrogen) atoms. The molecule has 2 N–H and O–H groups in total. The fourth-order valence-corrected chi connectivity index (χ4v) is 4.92. The van der Waals surface area contributed by atoms with Gasteiger partial charge in [-0.3, -0.25) is 9.79 Å². The zero-order valence-electron chi connectivity index (χ0n) is 19.7. The van der Waals surface area contributed by atoms with E-state index >= 15 is 0 Å². The number of aliphatic imine (C=N–C) groups is 1. The van der Waals surface area contributed by atoms with Gasteiger partial charge in [0, 0.05) is 59.5 Å². The van der Waals surface area contributed by atoms with Crippen molar-refractivity contribution in [1.29, 1.82) is 0 Å². The van der Waals surface area contributed by atoms with Crippen LogP contribution in [0.4, 0.5) is 8.78 Å². The summed E-state index contributed by atoms with van der Waals surface area (Å²) in [5.74, 6) is 0.279. The summed E-state index contributed by atoms with van der Waals surface area (Å²) in [6.45, 7) is 1.37. The molecule has 2 aliphatic rings. The number of alkyl halides is 2. The van der Waals surface area contributed by atoms with Crippen LogP contribution >= 0.6 is 22.9 Å². The largest absolute Gasteiger partial charge is 0.464 e. The lowest BCUT2D eigenvalue weighted by molar-refractivity contribution is -0.142. The van der Waals surface area contributed by atoms with E-state index in [1.807, 2.05) is 41.5 Å². The molecule has 5 rings (SSSR count). The van der Waals surface area contributed by atoms with Crippen LogP contribution in [0, 0.1) is 6.92 Å². The summed E-state index contributed by atoms with van der Waals surface area (Å²) in [5.41, 5.74) is 9.12. The van der Waals surface area contributed by atoms with Gasteiger partial charge in [-0.1, -0.05) is 23.7 Å². The molecule has 0 saturated carbocycles. The number of nitrogens with two attached hydrogens (primary N) is 1. The van der Waals surface area contributed by atoms with Gasteiger partial charge in [-0.2, -0.15) is 13.9 Å². The first-order chi connectivity index (χ1) is 17.1. The predicted octanol–water partition coefficient (Wildman–Crippen LogP) is 4.52. The van der Waals surface area contributed by atoms with Crippen LogP contribution in [0.25, 0.3) is 5.57 Å². The average Bonchev–Trinajstić information content (AvgIpc) is 3.57. The van der Waals surface area contributed by atoms with E-state index in [0.717, 1.165) is 21.3 Å². The summed E-state index contributed by atoms with van der Waals surface area (Å²) in [7, 11) is 0. The number of halogens is 3. The Kier molecular flexibility index (Phi) is 7.82. The molecule has 1 fully saturated rings. The lowest BCUT2D eigenvalue weighted by Crippen LogP contribution is -2.48. The number of carbonyl (C=O) groups excluding carboxylic acids is 1. The third-order valence-corrected chi connectivity index (χ3v) is 6.63. The smallest absolute Gasteiger partial charge is 0.333 e. The van der Waals surface area contributed by atoms with Crippen LogP contribution in [0.15, 0.2) is 58.9 Å². The number of esters is 1. The highest BCUT2D eigenvalue weighted by Crippen LogP contribution is 2.38. The first-order valence-electron chi connectivity index (χ1n) is 11.1. The van der Waals surface area contributed by atoms with Gasteiger partial charge in [0.05, 0.1) is 18.3 Å². The Bertz CT molecular complexity index is 1280.